The minimum absolute atomic E-state index is 0.409. The Morgan fingerprint density at radius 2 is 0.714 bits per heavy atom. The van der Waals surface area contributed by atoms with Crippen molar-refractivity contribution in [1.29, 1.82) is 0 Å². The number of nitro groups is 4. The molecule has 0 spiro atoms. The monoisotopic (exact) mass is 1290 g/mol. The Hall–Kier alpha value is -5.98. The number of hydrogen-bond donors (Lipinski definition) is 8. The van der Waals surface area contributed by atoms with E-state index in [-0.39, 0.29) is 0 Å². The standard InChI is InChI=1S/2C13H22N4O3S.2C12H21N5O2S2/c2*1-14-13(9-17(18)19)15-6-7-21-10-12-5-4-11(20-12)8-16(2)3;2*1-13-11(6-17(18)19)14-4-5-20-8-10-9-21-12(15-10)7-16(2)3/h2*4-5,9,14-15H,6-8,10H2,1-3H3;2*6,9,13-14H,4-5,7-8H2,1-3H3/b2*13-9-;2*11-6+. The Kier molecular flexibility index (Phi) is 41.9. The van der Waals surface area contributed by atoms with E-state index < -0.39 is 19.7 Å². The molecule has 0 aliphatic carbocycles. The highest BCUT2D eigenvalue weighted by molar-refractivity contribution is 7.99. The second-order valence-electron chi connectivity index (χ2n) is 18.4. The molecule has 0 saturated carbocycles. The Morgan fingerprint density at radius 3 is 0.964 bits per heavy atom. The zero-order valence-electron chi connectivity index (χ0n) is 50.1. The maximum atomic E-state index is 10.4. The second kappa shape index (κ2) is 46.3. The van der Waals surface area contributed by atoms with Gasteiger partial charge >= 0.3 is 0 Å². The quantitative estimate of drug-likeness (QED) is 0.0153. The van der Waals surface area contributed by atoms with Gasteiger partial charge in [0.15, 0.2) is 23.3 Å². The van der Waals surface area contributed by atoms with Crippen molar-refractivity contribution in [2.45, 2.75) is 49.2 Å². The van der Waals surface area contributed by atoms with Crippen LogP contribution in [0.1, 0.15) is 44.4 Å². The summed E-state index contributed by atoms with van der Waals surface area (Å²) in [5.41, 5.74) is 2.19. The molecule has 4 heterocycles. The van der Waals surface area contributed by atoms with Crippen LogP contribution in [-0.2, 0) is 49.2 Å². The number of aromatic nitrogens is 2. The van der Waals surface area contributed by atoms with E-state index in [1.807, 2.05) is 80.6 Å². The van der Waals surface area contributed by atoms with Crippen molar-refractivity contribution in [1.82, 2.24) is 72.1 Å². The smallest absolute Gasteiger partial charge is 0.274 e. The molecule has 8 N–H and O–H groups in total. The second-order valence-corrected chi connectivity index (χ2v) is 24.7. The molecule has 4 aromatic rings. The van der Waals surface area contributed by atoms with Crippen LogP contribution in [0.5, 0.6) is 0 Å². The van der Waals surface area contributed by atoms with Gasteiger partial charge in [0.1, 0.15) is 33.1 Å². The molecule has 0 saturated heterocycles. The van der Waals surface area contributed by atoms with E-state index in [0.717, 1.165) is 141 Å². The fourth-order valence-corrected chi connectivity index (χ4v) is 11.3. The first-order valence-electron chi connectivity index (χ1n) is 26.0. The highest BCUT2D eigenvalue weighted by atomic mass is 32.2. The summed E-state index contributed by atoms with van der Waals surface area (Å²) in [6.45, 7) is 5.96. The zero-order chi connectivity index (χ0) is 62.7. The van der Waals surface area contributed by atoms with Crippen LogP contribution >= 0.6 is 69.7 Å². The molecule has 84 heavy (non-hydrogen) atoms. The van der Waals surface area contributed by atoms with Crippen molar-refractivity contribution in [2.75, 3.05) is 134 Å². The Morgan fingerprint density at radius 1 is 0.452 bits per heavy atom. The normalized spacial score (nSPS) is 11.7. The topological polar surface area (TPSA) is 334 Å². The minimum Gasteiger partial charge on any atom is -0.464 e. The van der Waals surface area contributed by atoms with Gasteiger partial charge in [0, 0.05) is 113 Å². The SMILES string of the molecule is CN/C(=C/[N+](=O)[O-])NCCSCc1ccc(CN(C)C)o1.CN/C(=C/[N+](=O)[O-])NCCSCc1ccc(CN(C)C)o1.CN/C(=C\[N+](=O)[O-])NCCSCc1csc(CN(C)C)n1.CN/C(=C\[N+](=O)[O-])NCCSCc1csc(CN(C)C)n1. The summed E-state index contributed by atoms with van der Waals surface area (Å²) in [7, 11) is 22.7. The van der Waals surface area contributed by atoms with Crippen LogP contribution in [0.3, 0.4) is 0 Å². The third-order valence-electron chi connectivity index (χ3n) is 9.73. The lowest BCUT2D eigenvalue weighted by Crippen LogP contribution is -2.26. The number of furan rings is 2. The Bertz CT molecular complexity index is 2250. The molecule has 0 radical (unpaired) electrons. The van der Waals surface area contributed by atoms with E-state index in [1.54, 1.807) is 97.9 Å². The molecule has 0 amide bonds. The Labute approximate surface area is 518 Å². The van der Waals surface area contributed by atoms with E-state index in [1.165, 1.54) is 0 Å². The highest BCUT2D eigenvalue weighted by Gasteiger charge is 2.09. The van der Waals surface area contributed by atoms with Gasteiger partial charge in [-0.25, -0.2) is 9.97 Å². The minimum atomic E-state index is -0.485. The molecule has 0 fully saturated rings. The summed E-state index contributed by atoms with van der Waals surface area (Å²) in [5.74, 6) is 12.2. The van der Waals surface area contributed by atoms with E-state index in [4.69, 9.17) is 8.83 Å². The van der Waals surface area contributed by atoms with E-state index in [0.29, 0.717) is 49.5 Å². The van der Waals surface area contributed by atoms with Gasteiger partial charge in [0.05, 0.1) is 55.7 Å². The molecule has 4 rings (SSSR count). The predicted molar refractivity (Wildman–Crippen MR) is 344 cm³/mol. The first-order chi connectivity index (χ1) is 40.0. The summed E-state index contributed by atoms with van der Waals surface area (Å²) >= 11 is 10.3. The van der Waals surface area contributed by atoms with E-state index in [9.17, 15) is 40.5 Å². The van der Waals surface area contributed by atoms with Gasteiger partial charge in [0.2, 0.25) is 0 Å². The lowest BCUT2D eigenvalue weighted by atomic mass is 10.4. The number of rotatable bonds is 40. The molecule has 0 unspecified atom stereocenters. The molecule has 0 aliphatic rings. The number of thioether (sulfide) groups is 4. The van der Waals surface area contributed by atoms with Crippen molar-refractivity contribution < 1.29 is 28.5 Å². The molecule has 0 atom stereocenters. The van der Waals surface area contributed by atoms with Gasteiger partial charge in [-0.15, -0.1) is 22.7 Å². The fraction of sp³-hybridized carbons (Fsp3) is 0.560. The average Bonchev–Trinajstić information content (AvgIpc) is 4.29. The van der Waals surface area contributed by atoms with Crippen LogP contribution in [0.2, 0.25) is 0 Å². The van der Waals surface area contributed by atoms with Crippen LogP contribution < -0.4 is 42.5 Å². The number of thiazole rings is 2. The van der Waals surface area contributed by atoms with Gasteiger partial charge in [-0.05, 0) is 80.6 Å². The number of nitrogens with one attached hydrogen (secondary N) is 8. The molecular weight excluding hydrogens is 1210 g/mol. The largest absolute Gasteiger partial charge is 0.464 e. The predicted octanol–water partition coefficient (Wildman–Crippen LogP) is 5.56. The first kappa shape index (κ1) is 76.0. The molecule has 0 aliphatic heterocycles. The summed E-state index contributed by atoms with van der Waals surface area (Å²) in [5, 5.41) is 70.7. The molecule has 0 aromatic carbocycles. The van der Waals surface area contributed by atoms with Crippen LogP contribution in [0.4, 0.5) is 0 Å². The molecule has 472 valence electrons. The molecular formula is C50H86N18O10S6. The van der Waals surface area contributed by atoms with Gasteiger partial charge < -0.3 is 71.0 Å². The van der Waals surface area contributed by atoms with Crippen molar-refractivity contribution in [3.05, 3.63) is 168 Å². The van der Waals surface area contributed by atoms with Crippen molar-refractivity contribution in [2.24, 2.45) is 0 Å². The summed E-state index contributed by atoms with van der Waals surface area (Å²) < 4.78 is 11.4. The summed E-state index contributed by atoms with van der Waals surface area (Å²) in [6, 6.07) is 7.97. The fourth-order valence-electron chi connectivity index (χ4n) is 6.26. The highest BCUT2D eigenvalue weighted by Crippen LogP contribution is 2.19. The van der Waals surface area contributed by atoms with Crippen molar-refractivity contribution in [3.8, 4) is 0 Å². The maximum absolute atomic E-state index is 10.4. The molecule has 0 bridgehead atoms. The number of nitrogens with zero attached hydrogens (tertiary/aromatic N) is 10. The van der Waals surface area contributed by atoms with Crippen molar-refractivity contribution in [3.63, 3.8) is 0 Å². The molecule has 28 nitrogen and oxygen atoms in total. The average molecular weight is 1290 g/mol. The van der Waals surface area contributed by atoms with E-state index >= 15 is 0 Å². The van der Waals surface area contributed by atoms with Crippen LogP contribution in [0.25, 0.3) is 0 Å². The van der Waals surface area contributed by atoms with Gasteiger partial charge in [-0.1, -0.05) is 0 Å². The third kappa shape index (κ3) is 41.1. The van der Waals surface area contributed by atoms with Crippen LogP contribution in [0.15, 0.2) is 91.9 Å². The lowest BCUT2D eigenvalue weighted by Gasteiger charge is -2.07. The van der Waals surface area contributed by atoms with Crippen molar-refractivity contribution >= 4 is 69.7 Å². The lowest BCUT2D eigenvalue weighted by molar-refractivity contribution is -0.404. The molecule has 34 heteroatoms. The zero-order valence-corrected chi connectivity index (χ0v) is 55.0. The van der Waals surface area contributed by atoms with E-state index in [2.05, 4.69) is 82.9 Å². The number of hydrogen-bond acceptors (Lipinski definition) is 30. The summed E-state index contributed by atoms with van der Waals surface area (Å²) in [4.78, 5) is 56.9. The van der Waals surface area contributed by atoms with Gasteiger partial charge in [0.25, 0.3) is 24.8 Å². The van der Waals surface area contributed by atoms with Crippen LogP contribution in [-0.4, -0.2) is 183 Å². The van der Waals surface area contributed by atoms with Gasteiger partial charge in [-0.3, -0.25) is 40.5 Å². The summed E-state index contributed by atoms with van der Waals surface area (Å²) in [6.07, 6.45) is 3.70. The van der Waals surface area contributed by atoms with Gasteiger partial charge in [-0.2, -0.15) is 47.0 Å². The Balaban J connectivity index is 0.000000560. The third-order valence-corrected chi connectivity index (χ3v) is 15.4. The maximum Gasteiger partial charge on any atom is 0.274 e. The first-order valence-corrected chi connectivity index (χ1v) is 32.4. The molecule has 4 aromatic heterocycles. The van der Waals surface area contributed by atoms with Crippen LogP contribution in [0, 0.1) is 40.5 Å².